The fourth-order valence-corrected chi connectivity index (χ4v) is 3.70. The van der Waals surface area contributed by atoms with Crippen LogP contribution in [0.3, 0.4) is 0 Å². The van der Waals surface area contributed by atoms with Gasteiger partial charge in [-0.05, 0) is 43.5 Å². The van der Waals surface area contributed by atoms with Gasteiger partial charge < -0.3 is 10.0 Å². The Balaban J connectivity index is 2.10. The molecule has 1 aromatic carbocycles. The van der Waals surface area contributed by atoms with Crippen LogP contribution in [0.2, 0.25) is 0 Å². The summed E-state index contributed by atoms with van der Waals surface area (Å²) in [6.45, 7) is 3.51. The molecule has 0 unspecified atom stereocenters. The predicted molar refractivity (Wildman–Crippen MR) is 76.2 cm³/mol. The van der Waals surface area contributed by atoms with Crippen molar-refractivity contribution in [1.29, 1.82) is 0 Å². The van der Waals surface area contributed by atoms with Crippen LogP contribution >= 0.6 is 0 Å². The molecular formula is C14H21NO3S. The number of sulfone groups is 1. The maximum Gasteiger partial charge on any atom is 0.178 e. The van der Waals surface area contributed by atoms with Gasteiger partial charge in [-0.1, -0.05) is 6.92 Å². The van der Waals surface area contributed by atoms with Crippen LogP contribution < -0.4 is 4.90 Å². The van der Waals surface area contributed by atoms with Crippen LogP contribution in [0.5, 0.6) is 0 Å². The van der Waals surface area contributed by atoms with E-state index in [0.717, 1.165) is 31.6 Å². The van der Waals surface area contributed by atoms with E-state index in [0.29, 0.717) is 11.3 Å². The molecule has 0 aromatic heterocycles. The molecule has 1 N–H and O–H groups in total. The average molecular weight is 283 g/mol. The Hall–Kier alpha value is -1.07. The van der Waals surface area contributed by atoms with E-state index < -0.39 is 9.84 Å². The lowest BCUT2D eigenvalue weighted by molar-refractivity contribution is 0.145. The SMILES string of the molecule is CCCS(=O)(=O)c1ccc(N2CCC(O)CC2)cc1. The summed E-state index contributed by atoms with van der Waals surface area (Å²) in [6, 6.07) is 7.09. The van der Waals surface area contributed by atoms with Gasteiger partial charge in [0.1, 0.15) is 0 Å². The molecular weight excluding hydrogens is 262 g/mol. The second-order valence-corrected chi connectivity index (χ2v) is 7.14. The first-order chi connectivity index (χ1) is 9.03. The van der Waals surface area contributed by atoms with E-state index in [1.165, 1.54) is 0 Å². The number of piperidine rings is 1. The summed E-state index contributed by atoms with van der Waals surface area (Å²) in [6.07, 6.45) is 1.99. The van der Waals surface area contributed by atoms with Gasteiger partial charge in [0.05, 0.1) is 16.8 Å². The Morgan fingerprint density at radius 1 is 1.21 bits per heavy atom. The highest BCUT2D eigenvalue weighted by molar-refractivity contribution is 7.91. The Kier molecular flexibility index (Phi) is 4.47. The minimum atomic E-state index is -3.13. The molecule has 1 aliphatic rings. The number of rotatable bonds is 4. The van der Waals surface area contributed by atoms with Crippen molar-refractivity contribution in [2.75, 3.05) is 23.7 Å². The zero-order valence-electron chi connectivity index (χ0n) is 11.2. The van der Waals surface area contributed by atoms with Crippen molar-refractivity contribution in [3.05, 3.63) is 24.3 Å². The van der Waals surface area contributed by atoms with E-state index >= 15 is 0 Å². The number of aliphatic hydroxyl groups excluding tert-OH is 1. The molecule has 1 saturated heterocycles. The van der Waals surface area contributed by atoms with Crippen molar-refractivity contribution in [3.8, 4) is 0 Å². The highest BCUT2D eigenvalue weighted by Gasteiger charge is 2.18. The maximum absolute atomic E-state index is 11.9. The van der Waals surface area contributed by atoms with Gasteiger partial charge in [-0.15, -0.1) is 0 Å². The molecule has 0 atom stereocenters. The first-order valence-corrected chi connectivity index (χ1v) is 8.44. The zero-order chi connectivity index (χ0) is 13.9. The molecule has 19 heavy (non-hydrogen) atoms. The molecule has 1 aliphatic heterocycles. The molecule has 5 heteroatoms. The number of aliphatic hydroxyl groups is 1. The summed E-state index contributed by atoms with van der Waals surface area (Å²) in [5.41, 5.74) is 1.03. The lowest BCUT2D eigenvalue weighted by Gasteiger charge is -2.31. The van der Waals surface area contributed by atoms with Gasteiger partial charge in [0, 0.05) is 18.8 Å². The smallest absolute Gasteiger partial charge is 0.178 e. The molecule has 4 nitrogen and oxygen atoms in total. The highest BCUT2D eigenvalue weighted by Crippen LogP contribution is 2.22. The normalized spacial score (nSPS) is 17.7. The maximum atomic E-state index is 11.9. The van der Waals surface area contributed by atoms with Crippen LogP contribution in [0.15, 0.2) is 29.2 Å². The summed E-state index contributed by atoms with van der Waals surface area (Å²) in [4.78, 5) is 2.58. The molecule has 0 spiro atoms. The third kappa shape index (κ3) is 3.48. The van der Waals surface area contributed by atoms with E-state index in [2.05, 4.69) is 4.90 Å². The van der Waals surface area contributed by atoms with E-state index in [-0.39, 0.29) is 11.9 Å². The minimum absolute atomic E-state index is 0.194. The molecule has 2 rings (SSSR count). The van der Waals surface area contributed by atoms with Crippen molar-refractivity contribution in [2.24, 2.45) is 0 Å². The van der Waals surface area contributed by atoms with Gasteiger partial charge in [0.25, 0.3) is 0 Å². The van der Waals surface area contributed by atoms with E-state index in [4.69, 9.17) is 0 Å². The van der Waals surface area contributed by atoms with Crippen molar-refractivity contribution in [1.82, 2.24) is 0 Å². The van der Waals surface area contributed by atoms with Gasteiger partial charge in [0.2, 0.25) is 0 Å². The molecule has 0 bridgehead atoms. The van der Waals surface area contributed by atoms with Crippen LogP contribution in [0.4, 0.5) is 5.69 Å². The first-order valence-electron chi connectivity index (χ1n) is 6.79. The van der Waals surface area contributed by atoms with E-state index in [1.807, 2.05) is 19.1 Å². The number of benzene rings is 1. The van der Waals surface area contributed by atoms with Gasteiger partial charge in [0.15, 0.2) is 9.84 Å². The van der Waals surface area contributed by atoms with Crippen LogP contribution in [0.25, 0.3) is 0 Å². The van der Waals surface area contributed by atoms with Crippen LogP contribution in [0, 0.1) is 0 Å². The van der Waals surface area contributed by atoms with E-state index in [1.54, 1.807) is 12.1 Å². The molecule has 106 valence electrons. The monoisotopic (exact) mass is 283 g/mol. The number of hydrogen-bond donors (Lipinski definition) is 1. The van der Waals surface area contributed by atoms with Crippen molar-refractivity contribution < 1.29 is 13.5 Å². The average Bonchev–Trinajstić information content (AvgIpc) is 2.40. The molecule has 0 radical (unpaired) electrons. The Morgan fingerprint density at radius 2 is 1.79 bits per heavy atom. The second-order valence-electron chi connectivity index (χ2n) is 5.03. The third-order valence-electron chi connectivity index (χ3n) is 3.50. The van der Waals surface area contributed by atoms with Gasteiger partial charge in [-0.2, -0.15) is 0 Å². The Bertz CT molecular complexity index is 502. The first kappa shape index (κ1) is 14.3. The summed E-state index contributed by atoms with van der Waals surface area (Å²) >= 11 is 0. The topological polar surface area (TPSA) is 57.6 Å². The van der Waals surface area contributed by atoms with Crippen LogP contribution in [0.1, 0.15) is 26.2 Å². The van der Waals surface area contributed by atoms with Crippen molar-refractivity contribution >= 4 is 15.5 Å². The molecule has 1 heterocycles. The van der Waals surface area contributed by atoms with Gasteiger partial charge in [-0.3, -0.25) is 0 Å². The largest absolute Gasteiger partial charge is 0.393 e. The Labute approximate surface area is 115 Å². The van der Waals surface area contributed by atoms with Crippen molar-refractivity contribution in [3.63, 3.8) is 0 Å². The summed E-state index contributed by atoms with van der Waals surface area (Å²) in [5, 5.41) is 9.48. The molecule has 0 saturated carbocycles. The van der Waals surface area contributed by atoms with Crippen LogP contribution in [-0.2, 0) is 9.84 Å². The lowest BCUT2D eigenvalue weighted by Crippen LogP contribution is -2.35. The van der Waals surface area contributed by atoms with Crippen LogP contribution in [-0.4, -0.2) is 38.5 Å². The summed E-state index contributed by atoms with van der Waals surface area (Å²) in [7, 11) is -3.13. The van der Waals surface area contributed by atoms with Gasteiger partial charge in [-0.25, -0.2) is 8.42 Å². The molecule has 1 aromatic rings. The predicted octanol–water partition coefficient (Wildman–Crippen LogP) is 1.83. The molecule has 0 amide bonds. The standard InChI is InChI=1S/C14H21NO3S/c1-2-11-19(17,18)14-5-3-12(4-6-14)15-9-7-13(16)8-10-15/h3-6,13,16H,2,7-11H2,1H3. The fraction of sp³-hybridized carbons (Fsp3) is 0.571. The zero-order valence-corrected chi connectivity index (χ0v) is 12.1. The van der Waals surface area contributed by atoms with Crippen molar-refractivity contribution in [2.45, 2.75) is 37.2 Å². The third-order valence-corrected chi connectivity index (χ3v) is 5.43. The summed E-state index contributed by atoms with van der Waals surface area (Å²) in [5.74, 6) is 0.197. The summed E-state index contributed by atoms with van der Waals surface area (Å²) < 4.78 is 23.8. The number of anilines is 1. The Morgan fingerprint density at radius 3 is 2.32 bits per heavy atom. The number of nitrogens with zero attached hydrogens (tertiary/aromatic N) is 1. The second kappa shape index (κ2) is 5.92. The molecule has 0 aliphatic carbocycles. The lowest BCUT2D eigenvalue weighted by atomic mass is 10.1. The quantitative estimate of drug-likeness (QED) is 0.916. The highest BCUT2D eigenvalue weighted by atomic mass is 32.2. The minimum Gasteiger partial charge on any atom is -0.393 e. The van der Waals surface area contributed by atoms with Gasteiger partial charge >= 0.3 is 0 Å². The number of hydrogen-bond acceptors (Lipinski definition) is 4. The fourth-order valence-electron chi connectivity index (χ4n) is 2.37. The molecule has 1 fully saturated rings. The van der Waals surface area contributed by atoms with E-state index in [9.17, 15) is 13.5 Å².